The molecule has 4 rings (SSSR count). The van der Waals surface area contributed by atoms with Gasteiger partial charge in [0.25, 0.3) is 0 Å². The number of hydrogen-bond acceptors (Lipinski definition) is 4. The number of anilines is 1. The van der Waals surface area contributed by atoms with Crippen molar-refractivity contribution in [3.8, 4) is 0 Å². The molecule has 1 unspecified atom stereocenters. The SMILES string of the molecule is O=C(N1CCC(O)(CC2CC=NN2c2ccccc2)CC1)C1(C(F)(F)F)CC1. The van der Waals surface area contributed by atoms with Gasteiger partial charge in [-0.2, -0.15) is 18.3 Å². The van der Waals surface area contributed by atoms with Gasteiger partial charge in [0.05, 0.1) is 17.3 Å². The number of hydrogen-bond donors (Lipinski definition) is 1. The molecule has 152 valence electrons. The maximum absolute atomic E-state index is 13.2. The van der Waals surface area contributed by atoms with Gasteiger partial charge in [-0.05, 0) is 44.2 Å². The number of nitrogens with zero attached hydrogens (tertiary/aromatic N) is 3. The van der Waals surface area contributed by atoms with E-state index < -0.39 is 23.1 Å². The van der Waals surface area contributed by atoms with E-state index in [0.717, 1.165) is 5.69 Å². The first-order valence-corrected chi connectivity index (χ1v) is 9.69. The zero-order chi connectivity index (χ0) is 20.0. The summed E-state index contributed by atoms with van der Waals surface area (Å²) in [7, 11) is 0. The van der Waals surface area contributed by atoms with Crippen LogP contribution in [-0.4, -0.2) is 53.0 Å². The summed E-state index contributed by atoms with van der Waals surface area (Å²) in [6, 6.07) is 9.67. The topological polar surface area (TPSA) is 56.1 Å². The van der Waals surface area contributed by atoms with Crippen LogP contribution in [0.5, 0.6) is 0 Å². The van der Waals surface area contributed by atoms with Gasteiger partial charge in [0, 0.05) is 25.7 Å². The van der Waals surface area contributed by atoms with Crippen LogP contribution >= 0.6 is 0 Å². The van der Waals surface area contributed by atoms with Gasteiger partial charge in [-0.1, -0.05) is 18.2 Å². The van der Waals surface area contributed by atoms with Gasteiger partial charge >= 0.3 is 6.18 Å². The van der Waals surface area contributed by atoms with Crippen LogP contribution in [-0.2, 0) is 4.79 Å². The monoisotopic (exact) mass is 395 g/mol. The summed E-state index contributed by atoms with van der Waals surface area (Å²) < 4.78 is 39.6. The highest BCUT2D eigenvalue weighted by atomic mass is 19.4. The van der Waals surface area contributed by atoms with Gasteiger partial charge in [0.1, 0.15) is 5.41 Å². The number of halogens is 3. The van der Waals surface area contributed by atoms with Crippen LogP contribution in [0.2, 0.25) is 0 Å². The summed E-state index contributed by atoms with van der Waals surface area (Å²) in [6.07, 6.45) is -1.18. The summed E-state index contributed by atoms with van der Waals surface area (Å²) in [5, 5.41) is 17.3. The van der Waals surface area contributed by atoms with Gasteiger partial charge < -0.3 is 10.0 Å². The first-order valence-electron chi connectivity index (χ1n) is 9.69. The van der Waals surface area contributed by atoms with Crippen molar-refractivity contribution in [3.63, 3.8) is 0 Å². The number of hydrazone groups is 1. The molecule has 1 atom stereocenters. The predicted octanol–water partition coefficient (Wildman–Crippen LogP) is 3.34. The van der Waals surface area contributed by atoms with Crippen LogP contribution < -0.4 is 5.01 Å². The van der Waals surface area contributed by atoms with E-state index in [4.69, 9.17) is 0 Å². The second-order valence-electron chi connectivity index (χ2n) is 8.17. The highest BCUT2D eigenvalue weighted by Gasteiger charge is 2.69. The molecule has 0 radical (unpaired) electrons. The van der Waals surface area contributed by atoms with Gasteiger partial charge in [0.2, 0.25) is 5.91 Å². The molecule has 0 aromatic heterocycles. The number of alkyl halides is 3. The van der Waals surface area contributed by atoms with Crippen LogP contribution in [0.4, 0.5) is 18.9 Å². The minimum Gasteiger partial charge on any atom is -0.390 e. The largest absolute Gasteiger partial charge is 0.403 e. The lowest BCUT2D eigenvalue weighted by atomic mass is 9.84. The Kier molecular flexibility index (Phi) is 4.64. The number of para-hydroxylation sites is 1. The standard InChI is InChI=1S/C20H24F3N3O2/c21-20(22,23)19(7-8-19)17(27)25-12-9-18(28,10-13-25)14-16-6-11-24-26(16)15-4-2-1-3-5-15/h1-5,11,16,28H,6-10,12-14H2. The van der Waals surface area contributed by atoms with Crippen molar-refractivity contribution in [2.24, 2.45) is 10.5 Å². The Morgan fingerprint density at radius 1 is 1.14 bits per heavy atom. The van der Waals surface area contributed by atoms with Gasteiger partial charge in [-0.15, -0.1) is 0 Å². The van der Waals surface area contributed by atoms with Crippen LogP contribution in [0.3, 0.4) is 0 Å². The maximum Gasteiger partial charge on any atom is 0.403 e. The van der Waals surface area contributed by atoms with E-state index >= 15 is 0 Å². The van der Waals surface area contributed by atoms with Crippen molar-refractivity contribution in [1.82, 2.24) is 4.90 Å². The maximum atomic E-state index is 13.2. The first kappa shape index (κ1) is 19.2. The highest BCUT2D eigenvalue weighted by Crippen LogP contribution is 2.58. The molecule has 1 aliphatic carbocycles. The van der Waals surface area contributed by atoms with Crippen molar-refractivity contribution in [3.05, 3.63) is 30.3 Å². The minimum atomic E-state index is -4.49. The third-order valence-corrected chi connectivity index (χ3v) is 6.25. The molecule has 2 fully saturated rings. The lowest BCUT2D eigenvalue weighted by Crippen LogP contribution is -2.52. The average molecular weight is 395 g/mol. The molecule has 2 heterocycles. The molecule has 0 spiro atoms. The number of carbonyl (C=O) groups excluding carboxylic acids is 1. The summed E-state index contributed by atoms with van der Waals surface area (Å²) in [5.74, 6) is -0.822. The molecule has 5 nitrogen and oxygen atoms in total. The Hall–Kier alpha value is -2.09. The predicted molar refractivity (Wildman–Crippen MR) is 98.9 cm³/mol. The second-order valence-corrected chi connectivity index (χ2v) is 8.17. The highest BCUT2D eigenvalue weighted by molar-refractivity contribution is 5.86. The van der Waals surface area contributed by atoms with Crippen molar-refractivity contribution in [2.75, 3.05) is 18.1 Å². The molecular formula is C20H24F3N3O2. The van der Waals surface area contributed by atoms with E-state index in [2.05, 4.69) is 5.10 Å². The van der Waals surface area contributed by atoms with Crippen molar-refractivity contribution in [1.29, 1.82) is 0 Å². The lowest BCUT2D eigenvalue weighted by molar-refractivity contribution is -0.200. The Labute approximate surface area is 161 Å². The third-order valence-electron chi connectivity index (χ3n) is 6.25. The van der Waals surface area contributed by atoms with Gasteiger partial charge in [0.15, 0.2) is 0 Å². The molecule has 1 aromatic rings. The summed E-state index contributed by atoms with van der Waals surface area (Å²) in [4.78, 5) is 13.7. The van der Waals surface area contributed by atoms with Crippen LogP contribution in [0.25, 0.3) is 0 Å². The van der Waals surface area contributed by atoms with E-state index in [-0.39, 0.29) is 44.8 Å². The Morgan fingerprint density at radius 3 is 2.36 bits per heavy atom. The summed E-state index contributed by atoms with van der Waals surface area (Å²) in [6.45, 7) is 0.318. The fourth-order valence-electron chi connectivity index (χ4n) is 4.29. The molecule has 8 heteroatoms. The summed E-state index contributed by atoms with van der Waals surface area (Å²) >= 11 is 0. The zero-order valence-electron chi connectivity index (χ0n) is 15.5. The number of piperidine rings is 1. The number of amides is 1. The molecule has 1 aromatic carbocycles. The van der Waals surface area contributed by atoms with E-state index in [1.54, 1.807) is 0 Å². The van der Waals surface area contributed by atoms with Crippen LogP contribution in [0.15, 0.2) is 35.4 Å². The first-order chi connectivity index (χ1) is 13.2. The van der Waals surface area contributed by atoms with E-state index in [1.165, 1.54) is 4.90 Å². The number of benzene rings is 1. The number of carbonyl (C=O) groups is 1. The summed E-state index contributed by atoms with van der Waals surface area (Å²) in [5.41, 5.74) is -2.23. The Bertz CT molecular complexity index is 754. The second kappa shape index (κ2) is 6.76. The van der Waals surface area contributed by atoms with E-state index in [1.807, 2.05) is 41.6 Å². The number of rotatable bonds is 4. The van der Waals surface area contributed by atoms with Gasteiger partial charge in [-0.25, -0.2) is 0 Å². The molecule has 1 saturated carbocycles. The zero-order valence-corrected chi connectivity index (χ0v) is 15.5. The molecule has 1 N–H and O–H groups in total. The van der Waals surface area contributed by atoms with Crippen molar-refractivity contribution >= 4 is 17.8 Å². The van der Waals surface area contributed by atoms with E-state index in [0.29, 0.717) is 12.8 Å². The molecule has 28 heavy (non-hydrogen) atoms. The average Bonchev–Trinajstić information content (AvgIpc) is 3.37. The fourth-order valence-corrected chi connectivity index (χ4v) is 4.29. The number of aliphatic hydroxyl groups is 1. The third kappa shape index (κ3) is 3.38. The van der Waals surface area contributed by atoms with Crippen molar-refractivity contribution in [2.45, 2.75) is 56.3 Å². The van der Waals surface area contributed by atoms with Crippen molar-refractivity contribution < 1.29 is 23.1 Å². The van der Waals surface area contributed by atoms with Gasteiger partial charge in [-0.3, -0.25) is 9.80 Å². The fraction of sp³-hybridized carbons (Fsp3) is 0.600. The smallest absolute Gasteiger partial charge is 0.390 e. The molecular weight excluding hydrogens is 371 g/mol. The van der Waals surface area contributed by atoms with Crippen LogP contribution in [0, 0.1) is 5.41 Å². The molecule has 1 amide bonds. The molecule has 2 aliphatic heterocycles. The Balaban J connectivity index is 1.37. The lowest BCUT2D eigenvalue weighted by Gasteiger charge is -2.41. The quantitative estimate of drug-likeness (QED) is 0.851. The number of likely N-dealkylation sites (tertiary alicyclic amines) is 1. The molecule has 1 saturated heterocycles. The molecule has 3 aliphatic rings. The minimum absolute atomic E-state index is 0.000369. The normalized spacial score (nSPS) is 25.8. The Morgan fingerprint density at radius 2 is 1.79 bits per heavy atom. The molecule has 0 bridgehead atoms. The van der Waals surface area contributed by atoms with E-state index in [9.17, 15) is 23.1 Å². The van der Waals surface area contributed by atoms with Crippen LogP contribution in [0.1, 0.15) is 38.5 Å².